The number of nitrogens with zero attached hydrogens (tertiary/aromatic N) is 1. The van der Waals surface area contributed by atoms with Gasteiger partial charge in [-0.15, -0.1) is 0 Å². The summed E-state index contributed by atoms with van der Waals surface area (Å²) >= 11 is 5.83. The zero-order chi connectivity index (χ0) is 14.4. The molecule has 0 N–H and O–H groups in total. The molecule has 0 spiro atoms. The Morgan fingerprint density at radius 3 is 2.05 bits per heavy atom. The number of nitro groups is 1. The Morgan fingerprint density at radius 1 is 0.850 bits per heavy atom. The fourth-order valence-electron chi connectivity index (χ4n) is 2.22. The van der Waals surface area contributed by atoms with Crippen LogP contribution in [0.15, 0.2) is 36.4 Å². The average Bonchev–Trinajstić information content (AvgIpc) is 2.44. The van der Waals surface area contributed by atoms with Crippen LogP contribution < -0.4 is 0 Å². The lowest BCUT2D eigenvalue weighted by molar-refractivity contribution is -0.384. The molecule has 0 heterocycles. The second-order valence-electron chi connectivity index (χ2n) is 4.34. The van der Waals surface area contributed by atoms with Crippen LogP contribution >= 0.6 is 11.6 Å². The molecule has 0 saturated heterocycles. The van der Waals surface area contributed by atoms with Crippen molar-refractivity contribution < 1.29 is 14.5 Å². The van der Waals surface area contributed by atoms with E-state index in [2.05, 4.69) is 0 Å². The number of hydrogen-bond donors (Lipinski definition) is 0. The first kappa shape index (κ1) is 12.5. The number of halogens is 1. The van der Waals surface area contributed by atoms with Crippen molar-refractivity contribution in [1.82, 2.24) is 0 Å². The highest BCUT2D eigenvalue weighted by Gasteiger charge is 2.31. The van der Waals surface area contributed by atoms with Crippen molar-refractivity contribution in [3.63, 3.8) is 0 Å². The fraction of sp³-hybridized carbons (Fsp3) is 0. The number of carbonyl (C=O) groups is 2. The first-order valence-corrected chi connectivity index (χ1v) is 6.04. The predicted molar refractivity (Wildman–Crippen MR) is 71.4 cm³/mol. The number of carbonyl (C=O) groups excluding carboxylic acids is 2. The van der Waals surface area contributed by atoms with Gasteiger partial charge < -0.3 is 0 Å². The third kappa shape index (κ3) is 1.71. The molecule has 0 bridgehead atoms. The second kappa shape index (κ2) is 4.25. The summed E-state index contributed by atoms with van der Waals surface area (Å²) in [6.07, 6.45) is 0. The summed E-state index contributed by atoms with van der Waals surface area (Å²) in [6, 6.07) is 8.07. The minimum atomic E-state index is -0.606. The van der Waals surface area contributed by atoms with E-state index in [1.54, 1.807) is 0 Å². The van der Waals surface area contributed by atoms with Gasteiger partial charge >= 0.3 is 0 Å². The van der Waals surface area contributed by atoms with E-state index < -0.39 is 10.7 Å². The molecular weight excluding hydrogens is 282 g/mol. The van der Waals surface area contributed by atoms with Crippen molar-refractivity contribution >= 4 is 28.9 Å². The zero-order valence-corrected chi connectivity index (χ0v) is 10.7. The van der Waals surface area contributed by atoms with Gasteiger partial charge in [-0.3, -0.25) is 19.7 Å². The van der Waals surface area contributed by atoms with Crippen molar-refractivity contribution in [3.8, 4) is 0 Å². The van der Waals surface area contributed by atoms with Crippen molar-refractivity contribution in [1.29, 1.82) is 0 Å². The predicted octanol–water partition coefficient (Wildman–Crippen LogP) is 3.02. The molecule has 2 aromatic carbocycles. The Labute approximate surface area is 117 Å². The third-order valence-corrected chi connectivity index (χ3v) is 3.41. The number of fused-ring (bicyclic) bond motifs is 2. The Balaban J connectivity index is 2.27. The number of hydrogen-bond acceptors (Lipinski definition) is 4. The lowest BCUT2D eigenvalue weighted by atomic mass is 9.84. The molecule has 3 rings (SSSR count). The number of non-ortho nitro benzene ring substituents is 1. The van der Waals surface area contributed by atoms with Crippen LogP contribution in [0.3, 0.4) is 0 Å². The van der Waals surface area contributed by atoms with Crippen molar-refractivity contribution in [3.05, 3.63) is 73.8 Å². The van der Waals surface area contributed by atoms with Crippen molar-refractivity contribution in [2.45, 2.75) is 0 Å². The first-order chi connectivity index (χ1) is 9.49. The van der Waals surface area contributed by atoms with Gasteiger partial charge in [-0.2, -0.15) is 0 Å². The monoisotopic (exact) mass is 287 g/mol. The van der Waals surface area contributed by atoms with Gasteiger partial charge in [-0.05, 0) is 24.3 Å². The second-order valence-corrected chi connectivity index (χ2v) is 4.77. The van der Waals surface area contributed by atoms with E-state index in [-0.39, 0.29) is 33.7 Å². The minimum Gasteiger partial charge on any atom is -0.289 e. The molecule has 0 aromatic heterocycles. The van der Waals surface area contributed by atoms with Crippen LogP contribution in [-0.2, 0) is 0 Å². The van der Waals surface area contributed by atoms with E-state index in [0.717, 1.165) is 6.07 Å². The third-order valence-electron chi connectivity index (χ3n) is 3.17. The summed E-state index contributed by atoms with van der Waals surface area (Å²) in [5.74, 6) is -0.762. The molecule has 6 heteroatoms. The molecule has 0 unspecified atom stereocenters. The van der Waals surface area contributed by atoms with E-state index in [4.69, 9.17) is 11.6 Å². The van der Waals surface area contributed by atoms with E-state index in [9.17, 15) is 19.7 Å². The van der Waals surface area contributed by atoms with Gasteiger partial charge in [-0.25, -0.2) is 0 Å². The maximum Gasteiger partial charge on any atom is 0.270 e. The zero-order valence-electron chi connectivity index (χ0n) is 9.92. The van der Waals surface area contributed by atoms with Crippen LogP contribution in [0.2, 0.25) is 5.02 Å². The highest BCUT2D eigenvalue weighted by atomic mass is 35.5. The van der Waals surface area contributed by atoms with E-state index >= 15 is 0 Å². The molecule has 1 aliphatic carbocycles. The SMILES string of the molecule is O=C1c2ccc(Cl)cc2C(=O)c2cc([N+](=O)[O-])ccc21. The van der Waals surface area contributed by atoms with Crippen LogP contribution in [0.4, 0.5) is 5.69 Å². The smallest absolute Gasteiger partial charge is 0.270 e. The molecule has 5 nitrogen and oxygen atoms in total. The lowest BCUT2D eigenvalue weighted by Gasteiger charge is -2.17. The molecule has 1 aliphatic rings. The van der Waals surface area contributed by atoms with E-state index in [0.29, 0.717) is 5.02 Å². The van der Waals surface area contributed by atoms with Crippen LogP contribution in [0.1, 0.15) is 31.8 Å². The quantitative estimate of drug-likeness (QED) is 0.509. The van der Waals surface area contributed by atoms with Crippen molar-refractivity contribution in [2.75, 3.05) is 0 Å². The molecule has 2 aromatic rings. The van der Waals surface area contributed by atoms with Gasteiger partial charge in [0.15, 0.2) is 11.6 Å². The fourth-order valence-corrected chi connectivity index (χ4v) is 2.40. The van der Waals surface area contributed by atoms with Crippen LogP contribution in [0.25, 0.3) is 0 Å². The number of ketones is 2. The molecule has 0 saturated carbocycles. The van der Waals surface area contributed by atoms with Gasteiger partial charge in [0.25, 0.3) is 5.69 Å². The lowest BCUT2D eigenvalue weighted by Crippen LogP contribution is -2.20. The normalized spacial score (nSPS) is 12.8. The standard InChI is InChI=1S/C14H6ClNO4/c15-7-1-3-9-11(5-7)14(18)12-6-8(16(19)20)2-4-10(12)13(9)17/h1-6H. The Kier molecular flexibility index (Phi) is 2.65. The summed E-state index contributed by atoms with van der Waals surface area (Å²) in [4.78, 5) is 34.8. The molecular formula is C14H6ClNO4. The summed E-state index contributed by atoms with van der Waals surface area (Å²) in [5, 5.41) is 11.1. The molecule has 0 amide bonds. The van der Waals surface area contributed by atoms with Gasteiger partial charge in [-0.1, -0.05) is 11.6 Å². The number of benzene rings is 2. The van der Waals surface area contributed by atoms with E-state index in [1.165, 1.54) is 30.3 Å². The highest BCUT2D eigenvalue weighted by Crippen LogP contribution is 2.31. The summed E-state index contributed by atoms with van der Waals surface area (Å²) in [5.41, 5.74) is 0.431. The van der Waals surface area contributed by atoms with Gasteiger partial charge in [0.05, 0.1) is 4.92 Å². The topological polar surface area (TPSA) is 77.3 Å². The maximum atomic E-state index is 12.3. The summed E-state index contributed by atoms with van der Waals surface area (Å²) < 4.78 is 0. The van der Waals surface area contributed by atoms with Crippen LogP contribution in [-0.4, -0.2) is 16.5 Å². The Hall–Kier alpha value is -2.53. The number of nitro benzene ring substituents is 1. The summed E-state index contributed by atoms with van der Waals surface area (Å²) in [7, 11) is 0. The van der Waals surface area contributed by atoms with E-state index in [1.807, 2.05) is 0 Å². The van der Waals surface area contributed by atoms with Crippen molar-refractivity contribution in [2.24, 2.45) is 0 Å². The van der Waals surface area contributed by atoms with Crippen LogP contribution in [0, 0.1) is 10.1 Å². The highest BCUT2D eigenvalue weighted by molar-refractivity contribution is 6.33. The first-order valence-electron chi connectivity index (χ1n) is 5.66. The Bertz CT molecular complexity index is 798. The number of rotatable bonds is 1. The molecule has 0 radical (unpaired) electrons. The maximum absolute atomic E-state index is 12.3. The molecule has 0 aliphatic heterocycles. The van der Waals surface area contributed by atoms with Gasteiger partial charge in [0.2, 0.25) is 0 Å². The molecule has 0 fully saturated rings. The Morgan fingerprint density at radius 2 is 1.40 bits per heavy atom. The van der Waals surface area contributed by atoms with Gasteiger partial charge in [0.1, 0.15) is 0 Å². The molecule has 0 atom stereocenters. The van der Waals surface area contributed by atoms with Gasteiger partial charge in [0, 0.05) is 39.4 Å². The molecule has 20 heavy (non-hydrogen) atoms. The van der Waals surface area contributed by atoms with Crippen LogP contribution in [0.5, 0.6) is 0 Å². The average molecular weight is 288 g/mol. The largest absolute Gasteiger partial charge is 0.289 e. The minimum absolute atomic E-state index is 0.0407. The molecule has 98 valence electrons. The summed E-state index contributed by atoms with van der Waals surface area (Å²) in [6.45, 7) is 0.